The monoisotopic (exact) mass is 339 g/mol. The zero-order valence-corrected chi connectivity index (χ0v) is 13.7. The molecule has 2 aromatic rings. The lowest BCUT2D eigenvalue weighted by Crippen LogP contribution is -2.38. The number of hydrogen-bond donors (Lipinski definition) is 1. The van der Waals surface area contributed by atoms with Crippen LogP contribution < -0.4 is 5.32 Å². The number of nitrogens with one attached hydrogen (secondary N) is 1. The molecule has 1 heterocycles. The van der Waals surface area contributed by atoms with Gasteiger partial charge >= 0.3 is 0 Å². The number of halogens is 3. The number of guanidine groups is 1. The third-order valence-corrected chi connectivity index (χ3v) is 3.36. The van der Waals surface area contributed by atoms with E-state index in [2.05, 4.69) is 10.3 Å². The highest BCUT2D eigenvalue weighted by Crippen LogP contribution is 2.15. The number of hydrogen-bond acceptors (Lipinski definition) is 2. The molecule has 0 radical (unpaired) electrons. The Morgan fingerprint density at radius 1 is 1.25 bits per heavy atom. The molecule has 0 aliphatic carbocycles. The van der Waals surface area contributed by atoms with Gasteiger partial charge in [-0.2, -0.15) is 0 Å². The van der Waals surface area contributed by atoms with Gasteiger partial charge in [-0.1, -0.05) is 0 Å². The van der Waals surface area contributed by atoms with E-state index in [-0.39, 0.29) is 6.54 Å². The fraction of sp³-hybridized carbons (Fsp3) is 0.353. The molecule has 0 fully saturated rings. The molecule has 0 atom stereocenters. The molecule has 0 aliphatic heterocycles. The van der Waals surface area contributed by atoms with E-state index >= 15 is 0 Å². The first-order chi connectivity index (χ1) is 11.5. The molecule has 1 aromatic carbocycles. The molecule has 2 rings (SSSR count). The quantitative estimate of drug-likeness (QED) is 0.499. The lowest BCUT2D eigenvalue weighted by atomic mass is 10.2. The molecular formula is C17H20F3N3O. The molecular weight excluding hydrogens is 319 g/mol. The van der Waals surface area contributed by atoms with Crippen molar-refractivity contribution in [3.8, 4) is 0 Å². The van der Waals surface area contributed by atoms with Gasteiger partial charge in [-0.15, -0.1) is 0 Å². The van der Waals surface area contributed by atoms with E-state index in [0.29, 0.717) is 31.0 Å². The van der Waals surface area contributed by atoms with Crippen LogP contribution in [0.5, 0.6) is 0 Å². The van der Waals surface area contributed by atoms with Crippen LogP contribution in [0.1, 0.15) is 18.2 Å². The van der Waals surface area contributed by atoms with Gasteiger partial charge in [0, 0.05) is 33.1 Å². The summed E-state index contributed by atoms with van der Waals surface area (Å²) in [5.74, 6) is -2.43. The Hall–Kier alpha value is -2.44. The lowest BCUT2D eigenvalue weighted by Gasteiger charge is -2.22. The first kappa shape index (κ1) is 17.9. The van der Waals surface area contributed by atoms with E-state index in [9.17, 15) is 13.2 Å². The molecule has 130 valence electrons. The first-order valence-electron chi connectivity index (χ1n) is 7.66. The summed E-state index contributed by atoms with van der Waals surface area (Å²) < 4.78 is 44.9. The molecule has 1 N–H and O–H groups in total. The van der Waals surface area contributed by atoms with Crippen LogP contribution in [0.4, 0.5) is 13.2 Å². The highest BCUT2D eigenvalue weighted by molar-refractivity contribution is 5.79. The van der Waals surface area contributed by atoms with Gasteiger partial charge in [0.15, 0.2) is 23.4 Å². The van der Waals surface area contributed by atoms with Gasteiger partial charge in [-0.05, 0) is 36.8 Å². The van der Waals surface area contributed by atoms with Crippen LogP contribution >= 0.6 is 0 Å². The van der Waals surface area contributed by atoms with E-state index < -0.39 is 17.5 Å². The smallest absolute Gasteiger partial charge is 0.194 e. The molecule has 7 heteroatoms. The standard InChI is InChI=1S/C17H20F3N3O/c1-3-21-17(22-7-6-13-5-4-8-24-13)23(2)11-12-9-14(18)16(20)15(19)10-12/h4-5,8-10H,3,6-7,11H2,1-2H3,(H,21,22). The van der Waals surface area contributed by atoms with Gasteiger partial charge < -0.3 is 14.6 Å². The average molecular weight is 339 g/mol. The fourth-order valence-electron chi connectivity index (χ4n) is 2.24. The maximum Gasteiger partial charge on any atom is 0.194 e. The van der Waals surface area contributed by atoms with Crippen LogP contribution in [-0.4, -0.2) is 31.0 Å². The van der Waals surface area contributed by atoms with E-state index in [1.165, 1.54) is 0 Å². The van der Waals surface area contributed by atoms with Crippen LogP contribution in [0.3, 0.4) is 0 Å². The third-order valence-electron chi connectivity index (χ3n) is 3.36. The van der Waals surface area contributed by atoms with Crippen LogP contribution in [0, 0.1) is 17.5 Å². The SMILES string of the molecule is CCNC(=NCCc1ccco1)N(C)Cc1cc(F)c(F)c(F)c1. The first-order valence-corrected chi connectivity index (χ1v) is 7.66. The second-order valence-corrected chi connectivity index (χ2v) is 5.29. The van der Waals surface area contributed by atoms with Crippen molar-refractivity contribution in [1.29, 1.82) is 0 Å². The van der Waals surface area contributed by atoms with Crippen LogP contribution in [0.2, 0.25) is 0 Å². The Morgan fingerprint density at radius 2 is 1.96 bits per heavy atom. The van der Waals surface area contributed by atoms with E-state index in [0.717, 1.165) is 17.9 Å². The third kappa shape index (κ3) is 4.78. The molecule has 0 amide bonds. The van der Waals surface area contributed by atoms with Crippen molar-refractivity contribution < 1.29 is 17.6 Å². The minimum atomic E-state index is -1.46. The summed E-state index contributed by atoms with van der Waals surface area (Å²) >= 11 is 0. The van der Waals surface area contributed by atoms with Crippen molar-refractivity contribution in [1.82, 2.24) is 10.2 Å². The number of aliphatic imine (C=N–C) groups is 1. The second kappa shape index (κ2) is 8.42. The van der Waals surface area contributed by atoms with E-state index in [1.807, 2.05) is 19.1 Å². The van der Waals surface area contributed by atoms with Gasteiger partial charge in [0.25, 0.3) is 0 Å². The normalized spacial score (nSPS) is 11.6. The lowest BCUT2D eigenvalue weighted by molar-refractivity contribution is 0.434. The van der Waals surface area contributed by atoms with E-state index in [1.54, 1.807) is 18.2 Å². The van der Waals surface area contributed by atoms with Gasteiger partial charge in [0.05, 0.1) is 6.26 Å². The summed E-state index contributed by atoms with van der Waals surface area (Å²) in [6.07, 6.45) is 2.25. The highest BCUT2D eigenvalue weighted by Gasteiger charge is 2.13. The second-order valence-electron chi connectivity index (χ2n) is 5.29. The van der Waals surface area contributed by atoms with Crippen molar-refractivity contribution >= 4 is 5.96 Å². The summed E-state index contributed by atoms with van der Waals surface area (Å²) in [6, 6.07) is 5.66. The van der Waals surface area contributed by atoms with Crippen molar-refractivity contribution in [2.75, 3.05) is 20.1 Å². The maximum absolute atomic E-state index is 13.3. The number of nitrogens with zero attached hydrogens (tertiary/aromatic N) is 2. The maximum atomic E-state index is 13.3. The number of rotatable bonds is 6. The zero-order chi connectivity index (χ0) is 17.5. The van der Waals surface area contributed by atoms with Crippen molar-refractivity contribution in [3.05, 3.63) is 59.3 Å². The predicted octanol–water partition coefficient (Wildman–Crippen LogP) is 3.34. The summed E-state index contributed by atoms with van der Waals surface area (Å²) in [5.41, 5.74) is 0.325. The predicted molar refractivity (Wildman–Crippen MR) is 86.2 cm³/mol. The molecule has 4 nitrogen and oxygen atoms in total. The largest absolute Gasteiger partial charge is 0.469 e. The Labute approximate surface area is 139 Å². The summed E-state index contributed by atoms with van der Waals surface area (Å²) in [4.78, 5) is 6.18. The molecule has 0 spiro atoms. The minimum Gasteiger partial charge on any atom is -0.469 e. The Bertz CT molecular complexity index is 663. The molecule has 0 aliphatic rings. The molecule has 0 bridgehead atoms. The topological polar surface area (TPSA) is 40.8 Å². The highest BCUT2D eigenvalue weighted by atomic mass is 19.2. The summed E-state index contributed by atoms with van der Waals surface area (Å²) in [5, 5.41) is 3.11. The Kier molecular flexibility index (Phi) is 6.28. The average Bonchev–Trinajstić information content (AvgIpc) is 3.05. The molecule has 0 saturated carbocycles. The van der Waals surface area contributed by atoms with Crippen molar-refractivity contribution in [2.45, 2.75) is 19.9 Å². The van der Waals surface area contributed by atoms with Crippen LogP contribution in [-0.2, 0) is 13.0 Å². The van der Waals surface area contributed by atoms with Crippen LogP contribution in [0.15, 0.2) is 39.9 Å². The van der Waals surface area contributed by atoms with Crippen molar-refractivity contribution in [2.24, 2.45) is 4.99 Å². The molecule has 1 aromatic heterocycles. The molecule has 0 saturated heterocycles. The fourth-order valence-corrected chi connectivity index (χ4v) is 2.24. The van der Waals surface area contributed by atoms with Gasteiger partial charge in [0.1, 0.15) is 5.76 Å². The molecule has 24 heavy (non-hydrogen) atoms. The molecule has 0 unspecified atom stereocenters. The summed E-state index contributed by atoms with van der Waals surface area (Å²) in [7, 11) is 1.74. The number of benzene rings is 1. The summed E-state index contributed by atoms with van der Waals surface area (Å²) in [6.45, 7) is 3.27. The van der Waals surface area contributed by atoms with Gasteiger partial charge in [-0.3, -0.25) is 4.99 Å². The number of furan rings is 1. The van der Waals surface area contributed by atoms with Gasteiger partial charge in [0.2, 0.25) is 0 Å². The van der Waals surface area contributed by atoms with Gasteiger partial charge in [-0.25, -0.2) is 13.2 Å². The Balaban J connectivity index is 2.03. The Morgan fingerprint density at radius 3 is 2.54 bits per heavy atom. The zero-order valence-electron chi connectivity index (χ0n) is 13.7. The van der Waals surface area contributed by atoms with Crippen molar-refractivity contribution in [3.63, 3.8) is 0 Å². The van der Waals surface area contributed by atoms with Crippen LogP contribution in [0.25, 0.3) is 0 Å². The minimum absolute atomic E-state index is 0.195. The van der Waals surface area contributed by atoms with E-state index in [4.69, 9.17) is 4.42 Å².